The third-order valence-electron chi connectivity index (χ3n) is 2.19. The van der Waals surface area contributed by atoms with Crippen LogP contribution >= 0.6 is 0 Å². The van der Waals surface area contributed by atoms with Crippen LogP contribution in [-0.4, -0.2) is 11.4 Å². The van der Waals surface area contributed by atoms with E-state index < -0.39 is 5.54 Å². The lowest BCUT2D eigenvalue weighted by Crippen LogP contribution is -2.50. The molecule has 0 aliphatic heterocycles. The highest BCUT2D eigenvalue weighted by atomic mass is 16.1. The molecule has 0 saturated heterocycles. The molecule has 1 aromatic rings. The van der Waals surface area contributed by atoms with Gasteiger partial charge in [-0.2, -0.15) is 0 Å². The van der Waals surface area contributed by atoms with E-state index in [0.29, 0.717) is 6.54 Å². The largest absolute Gasteiger partial charge is 0.368 e. The van der Waals surface area contributed by atoms with Gasteiger partial charge in [-0.15, -0.1) is 0 Å². The van der Waals surface area contributed by atoms with Gasteiger partial charge >= 0.3 is 0 Å². The maximum atomic E-state index is 11.0. The van der Waals surface area contributed by atoms with E-state index in [2.05, 4.69) is 5.32 Å². The Labute approximate surface area is 84.3 Å². The maximum absolute atomic E-state index is 11.0. The summed E-state index contributed by atoms with van der Waals surface area (Å²) in [6.45, 7) is 4.20. The topological polar surface area (TPSA) is 55.1 Å². The van der Waals surface area contributed by atoms with Gasteiger partial charge < -0.3 is 5.73 Å². The van der Waals surface area contributed by atoms with Gasteiger partial charge in [-0.05, 0) is 19.4 Å². The van der Waals surface area contributed by atoms with Crippen molar-refractivity contribution in [2.24, 2.45) is 5.73 Å². The minimum atomic E-state index is -0.657. The van der Waals surface area contributed by atoms with Crippen LogP contribution in [0.4, 0.5) is 0 Å². The lowest BCUT2D eigenvalue weighted by molar-refractivity contribution is -0.123. The Hall–Kier alpha value is -1.35. The molecule has 14 heavy (non-hydrogen) atoms. The Bertz CT molecular complexity index is 306. The molecule has 0 saturated carbocycles. The molecule has 0 heterocycles. The fraction of sp³-hybridized carbons (Fsp3) is 0.364. The van der Waals surface area contributed by atoms with Crippen molar-refractivity contribution in [1.82, 2.24) is 5.32 Å². The molecule has 0 fully saturated rings. The van der Waals surface area contributed by atoms with Crippen LogP contribution in [0.2, 0.25) is 0 Å². The Balaban J connectivity index is 2.53. The number of hydrogen-bond donors (Lipinski definition) is 2. The number of nitrogens with one attached hydrogen (secondary N) is 1. The minimum absolute atomic E-state index is 0.339. The number of benzene rings is 1. The van der Waals surface area contributed by atoms with Gasteiger partial charge in [-0.25, -0.2) is 0 Å². The normalized spacial score (nSPS) is 11.3. The summed E-state index contributed by atoms with van der Waals surface area (Å²) >= 11 is 0. The van der Waals surface area contributed by atoms with Gasteiger partial charge in [-0.3, -0.25) is 10.1 Å². The van der Waals surface area contributed by atoms with Crippen molar-refractivity contribution in [2.45, 2.75) is 25.9 Å². The smallest absolute Gasteiger partial charge is 0.237 e. The SMILES string of the molecule is CC(C)(NCc1ccccc1)C(N)=O. The second-order valence-electron chi connectivity index (χ2n) is 3.83. The van der Waals surface area contributed by atoms with Crippen LogP contribution in [0, 0.1) is 0 Å². The first-order valence-electron chi connectivity index (χ1n) is 4.61. The van der Waals surface area contributed by atoms with Crippen LogP contribution in [0.5, 0.6) is 0 Å². The fourth-order valence-corrected chi connectivity index (χ4v) is 1.01. The molecular formula is C11H16N2O. The first kappa shape index (κ1) is 10.7. The third-order valence-corrected chi connectivity index (χ3v) is 2.19. The van der Waals surface area contributed by atoms with Crippen molar-refractivity contribution in [3.05, 3.63) is 35.9 Å². The zero-order chi connectivity index (χ0) is 10.6. The molecule has 3 heteroatoms. The number of rotatable bonds is 4. The van der Waals surface area contributed by atoms with Crippen LogP contribution in [0.25, 0.3) is 0 Å². The van der Waals surface area contributed by atoms with Gasteiger partial charge in [0.05, 0.1) is 5.54 Å². The van der Waals surface area contributed by atoms with Gasteiger partial charge in [0.25, 0.3) is 0 Å². The molecule has 0 aliphatic carbocycles. The van der Waals surface area contributed by atoms with Crippen molar-refractivity contribution in [3.63, 3.8) is 0 Å². The van der Waals surface area contributed by atoms with E-state index in [1.54, 1.807) is 13.8 Å². The van der Waals surface area contributed by atoms with Crippen LogP contribution in [0.15, 0.2) is 30.3 Å². The van der Waals surface area contributed by atoms with E-state index in [4.69, 9.17) is 5.73 Å². The minimum Gasteiger partial charge on any atom is -0.368 e. The molecule has 0 aromatic heterocycles. The van der Waals surface area contributed by atoms with Crippen LogP contribution < -0.4 is 11.1 Å². The summed E-state index contributed by atoms with van der Waals surface area (Å²) < 4.78 is 0. The van der Waals surface area contributed by atoms with Crippen LogP contribution in [0.3, 0.4) is 0 Å². The molecule has 1 aromatic carbocycles. The van der Waals surface area contributed by atoms with Gasteiger partial charge in [0, 0.05) is 6.54 Å². The Morgan fingerprint density at radius 1 is 1.36 bits per heavy atom. The highest BCUT2D eigenvalue weighted by molar-refractivity contribution is 5.83. The first-order valence-corrected chi connectivity index (χ1v) is 4.61. The molecule has 1 rings (SSSR count). The number of amides is 1. The summed E-state index contributed by atoms with van der Waals surface area (Å²) in [7, 11) is 0. The lowest BCUT2D eigenvalue weighted by atomic mass is 10.0. The second kappa shape index (κ2) is 4.24. The van der Waals surface area contributed by atoms with E-state index in [9.17, 15) is 4.79 Å². The summed E-state index contributed by atoms with van der Waals surface area (Å²) in [5.74, 6) is -0.339. The average Bonchev–Trinajstić information content (AvgIpc) is 2.16. The molecule has 1 amide bonds. The molecule has 0 bridgehead atoms. The quantitative estimate of drug-likeness (QED) is 0.749. The summed E-state index contributed by atoms with van der Waals surface area (Å²) in [4.78, 5) is 11.0. The molecule has 3 nitrogen and oxygen atoms in total. The molecule has 0 unspecified atom stereocenters. The highest BCUT2D eigenvalue weighted by Crippen LogP contribution is 2.04. The van der Waals surface area contributed by atoms with Crippen LogP contribution in [-0.2, 0) is 11.3 Å². The molecule has 0 spiro atoms. The standard InChI is InChI=1S/C11H16N2O/c1-11(2,10(12)14)13-8-9-6-4-3-5-7-9/h3-7,13H,8H2,1-2H3,(H2,12,14). The highest BCUT2D eigenvalue weighted by Gasteiger charge is 2.23. The molecule has 0 atom stereocenters. The number of carbonyl (C=O) groups excluding carboxylic acids is 1. The van der Waals surface area contributed by atoms with Gasteiger partial charge in [-0.1, -0.05) is 30.3 Å². The van der Waals surface area contributed by atoms with E-state index in [-0.39, 0.29) is 5.91 Å². The molecular weight excluding hydrogens is 176 g/mol. The number of carbonyl (C=O) groups is 1. The Kier molecular flexibility index (Phi) is 3.25. The van der Waals surface area contributed by atoms with Crippen molar-refractivity contribution in [1.29, 1.82) is 0 Å². The van der Waals surface area contributed by atoms with Gasteiger partial charge in [0.1, 0.15) is 0 Å². The zero-order valence-electron chi connectivity index (χ0n) is 8.58. The number of hydrogen-bond acceptors (Lipinski definition) is 2. The lowest BCUT2D eigenvalue weighted by Gasteiger charge is -2.22. The Morgan fingerprint density at radius 2 is 1.93 bits per heavy atom. The monoisotopic (exact) mass is 192 g/mol. The average molecular weight is 192 g/mol. The summed E-state index contributed by atoms with van der Waals surface area (Å²) in [5.41, 5.74) is 5.72. The zero-order valence-corrected chi connectivity index (χ0v) is 8.58. The predicted octanol–water partition coefficient (Wildman–Crippen LogP) is 1.04. The molecule has 0 radical (unpaired) electrons. The number of primary amides is 1. The van der Waals surface area contributed by atoms with Gasteiger partial charge in [0.15, 0.2) is 0 Å². The summed E-state index contributed by atoms with van der Waals surface area (Å²) in [6, 6.07) is 9.90. The van der Waals surface area contributed by atoms with E-state index >= 15 is 0 Å². The number of nitrogens with two attached hydrogens (primary N) is 1. The maximum Gasteiger partial charge on any atom is 0.237 e. The van der Waals surface area contributed by atoms with Crippen molar-refractivity contribution < 1.29 is 4.79 Å². The van der Waals surface area contributed by atoms with Crippen molar-refractivity contribution in [3.8, 4) is 0 Å². The Morgan fingerprint density at radius 3 is 2.43 bits per heavy atom. The van der Waals surface area contributed by atoms with Crippen molar-refractivity contribution >= 4 is 5.91 Å². The third kappa shape index (κ3) is 2.85. The molecule has 0 aliphatic rings. The van der Waals surface area contributed by atoms with Gasteiger partial charge in [0.2, 0.25) is 5.91 Å². The van der Waals surface area contributed by atoms with E-state index in [1.807, 2.05) is 30.3 Å². The summed E-state index contributed by atoms with van der Waals surface area (Å²) in [6.07, 6.45) is 0. The van der Waals surface area contributed by atoms with Crippen molar-refractivity contribution in [2.75, 3.05) is 0 Å². The predicted molar refractivity (Wildman–Crippen MR) is 56.6 cm³/mol. The van der Waals surface area contributed by atoms with E-state index in [0.717, 1.165) is 5.56 Å². The van der Waals surface area contributed by atoms with E-state index in [1.165, 1.54) is 0 Å². The summed E-state index contributed by atoms with van der Waals surface area (Å²) in [5, 5.41) is 3.10. The second-order valence-corrected chi connectivity index (χ2v) is 3.83. The first-order chi connectivity index (χ1) is 6.52. The molecule has 76 valence electrons. The fourth-order valence-electron chi connectivity index (χ4n) is 1.01. The van der Waals surface area contributed by atoms with Crippen LogP contribution in [0.1, 0.15) is 19.4 Å². The molecule has 3 N–H and O–H groups in total.